The first-order valence-electron chi connectivity index (χ1n) is 12.2. The van der Waals surface area contributed by atoms with Gasteiger partial charge in [-0.25, -0.2) is 20.1 Å². The van der Waals surface area contributed by atoms with Gasteiger partial charge in [0.25, 0.3) is 5.70 Å². The number of hydrogen-bond acceptors (Lipinski definition) is 6. The summed E-state index contributed by atoms with van der Waals surface area (Å²) in [4.78, 5) is 17.7. The second-order valence-electron chi connectivity index (χ2n) is 9.97. The van der Waals surface area contributed by atoms with E-state index in [0.717, 1.165) is 32.2 Å². The number of aromatic nitrogens is 2. The monoisotopic (exact) mass is 529 g/mol. The fraction of sp³-hybridized carbons (Fsp3) is 0.161. The van der Waals surface area contributed by atoms with Crippen LogP contribution in [0.15, 0.2) is 66.5 Å². The molecule has 6 rings (SSSR count). The van der Waals surface area contributed by atoms with Gasteiger partial charge >= 0.3 is 0 Å². The van der Waals surface area contributed by atoms with Crippen LogP contribution < -0.4 is 4.90 Å². The highest BCUT2D eigenvalue weighted by Crippen LogP contribution is 2.56. The van der Waals surface area contributed by atoms with E-state index in [4.69, 9.17) is 16.5 Å². The van der Waals surface area contributed by atoms with E-state index in [-0.39, 0.29) is 11.1 Å². The van der Waals surface area contributed by atoms with Crippen LogP contribution in [0.25, 0.3) is 30.8 Å². The first kappa shape index (κ1) is 24.1. The molecule has 0 fully saturated rings. The topological polar surface area (TPSA) is 57.2 Å². The second-order valence-corrected chi connectivity index (χ2v) is 12.1. The maximum absolute atomic E-state index is 9.19. The van der Waals surface area contributed by atoms with Crippen molar-refractivity contribution >= 4 is 55.5 Å². The maximum atomic E-state index is 9.19. The fourth-order valence-corrected chi connectivity index (χ4v) is 7.88. The quantitative estimate of drug-likeness (QED) is 0.172. The van der Waals surface area contributed by atoms with Gasteiger partial charge in [-0.2, -0.15) is 0 Å². The van der Waals surface area contributed by atoms with Crippen LogP contribution in [0.5, 0.6) is 0 Å². The Morgan fingerprint density at radius 1 is 1.03 bits per heavy atom. The van der Waals surface area contributed by atoms with Crippen LogP contribution in [0, 0.1) is 31.8 Å². The highest BCUT2D eigenvalue weighted by Gasteiger charge is 2.42. The third kappa shape index (κ3) is 3.80. The molecular formula is C31H23N5S2. The van der Waals surface area contributed by atoms with Gasteiger partial charge in [-0.05, 0) is 50.3 Å². The predicted molar refractivity (Wildman–Crippen MR) is 157 cm³/mol. The largest absolute Gasteiger partial charge is 0.279 e. The Hall–Kier alpha value is -4.30. The average Bonchev–Trinajstić information content (AvgIpc) is 3.52. The Kier molecular flexibility index (Phi) is 5.65. The van der Waals surface area contributed by atoms with Crippen LogP contribution in [-0.4, -0.2) is 9.97 Å². The Labute approximate surface area is 229 Å². The van der Waals surface area contributed by atoms with Gasteiger partial charge in [-0.15, -0.1) is 22.7 Å². The molecule has 7 heteroatoms. The Morgan fingerprint density at radius 2 is 1.66 bits per heavy atom. The second kappa shape index (κ2) is 8.92. The molecule has 3 aromatic heterocycles. The number of thiophene rings is 2. The highest BCUT2D eigenvalue weighted by atomic mass is 32.1. The third-order valence-electron chi connectivity index (χ3n) is 6.92. The lowest BCUT2D eigenvalue weighted by Crippen LogP contribution is -2.20. The molecule has 1 aliphatic carbocycles. The van der Waals surface area contributed by atoms with Crippen LogP contribution in [0.3, 0.4) is 0 Å². The van der Waals surface area contributed by atoms with Crippen molar-refractivity contribution in [3.8, 4) is 16.5 Å². The summed E-state index contributed by atoms with van der Waals surface area (Å²) < 4.78 is 2.36. The van der Waals surface area contributed by atoms with Crippen LogP contribution in [0.2, 0.25) is 0 Å². The number of allylic oxidation sites excluding steroid dienone is 1. The van der Waals surface area contributed by atoms with Crippen molar-refractivity contribution in [2.24, 2.45) is 0 Å². The van der Waals surface area contributed by atoms with Crippen molar-refractivity contribution in [1.82, 2.24) is 9.97 Å². The van der Waals surface area contributed by atoms with E-state index in [1.54, 1.807) is 28.7 Å². The molecule has 0 amide bonds. The summed E-state index contributed by atoms with van der Waals surface area (Å²) in [7, 11) is 0. The molecule has 0 saturated heterocycles. The molecule has 0 N–H and O–H groups in total. The first-order chi connectivity index (χ1) is 18.3. The van der Waals surface area contributed by atoms with Gasteiger partial charge in [0.15, 0.2) is 0 Å². The highest BCUT2D eigenvalue weighted by molar-refractivity contribution is 7.30. The zero-order chi connectivity index (χ0) is 26.6. The molecule has 1 aliphatic rings. The molecule has 0 bridgehead atoms. The molecule has 2 aromatic carbocycles. The van der Waals surface area contributed by atoms with E-state index in [9.17, 15) is 5.26 Å². The summed E-state index contributed by atoms with van der Waals surface area (Å²) in [6.07, 6.45) is 3.64. The molecule has 5 aromatic rings. The van der Waals surface area contributed by atoms with Crippen molar-refractivity contribution in [2.45, 2.75) is 33.1 Å². The van der Waals surface area contributed by atoms with E-state index in [1.165, 1.54) is 26.3 Å². The minimum atomic E-state index is -0.323. The van der Waals surface area contributed by atoms with Crippen LogP contribution in [0.4, 0.5) is 17.3 Å². The van der Waals surface area contributed by atoms with Gasteiger partial charge in [-0.3, -0.25) is 4.90 Å². The molecule has 0 saturated carbocycles. The maximum Gasteiger partial charge on any atom is 0.263 e. The van der Waals surface area contributed by atoms with Gasteiger partial charge in [0, 0.05) is 48.6 Å². The molecule has 0 spiro atoms. The molecule has 0 atom stereocenters. The predicted octanol–water partition coefficient (Wildman–Crippen LogP) is 8.93. The average molecular weight is 530 g/mol. The van der Waals surface area contributed by atoms with E-state index in [0.29, 0.717) is 5.95 Å². The third-order valence-corrected chi connectivity index (χ3v) is 9.32. The number of benzene rings is 2. The SMILES string of the molecule is [C-]#[N+]/C(C#N)=C\c1cc2sc3c(c2s1)C(C)(C)c1nc(N(c2ccc(C)cc2)c2ccc(C)cc2)ncc1-3. The van der Waals surface area contributed by atoms with Crippen LogP contribution in [-0.2, 0) is 5.41 Å². The number of hydrogen-bond donors (Lipinski definition) is 0. The molecule has 0 unspecified atom stereocenters. The smallest absolute Gasteiger partial charge is 0.263 e. The Balaban J connectivity index is 1.48. The molecule has 0 aliphatic heterocycles. The van der Waals surface area contributed by atoms with Gasteiger partial charge in [0.2, 0.25) is 5.95 Å². The van der Waals surface area contributed by atoms with E-state index in [1.807, 2.05) is 12.3 Å². The Morgan fingerprint density at radius 3 is 2.24 bits per heavy atom. The van der Waals surface area contributed by atoms with Gasteiger partial charge < -0.3 is 0 Å². The van der Waals surface area contributed by atoms with Gasteiger partial charge in [0.1, 0.15) is 0 Å². The minimum absolute atomic E-state index is 0.0981. The molecule has 38 heavy (non-hydrogen) atoms. The van der Waals surface area contributed by atoms with Crippen molar-refractivity contribution in [1.29, 1.82) is 5.26 Å². The van der Waals surface area contributed by atoms with E-state index < -0.39 is 0 Å². The number of nitriles is 1. The number of rotatable bonds is 4. The number of nitrogens with zero attached hydrogens (tertiary/aromatic N) is 5. The zero-order valence-corrected chi connectivity index (χ0v) is 23.0. The van der Waals surface area contributed by atoms with Crippen molar-refractivity contribution in [3.05, 3.63) is 105 Å². The van der Waals surface area contributed by atoms with E-state index in [2.05, 4.69) is 92.0 Å². The molecule has 184 valence electrons. The Bertz CT molecular complexity index is 1760. The van der Waals surface area contributed by atoms with Crippen LogP contribution in [0.1, 0.15) is 41.1 Å². The number of anilines is 3. The lowest BCUT2D eigenvalue weighted by atomic mass is 9.86. The normalized spacial score (nSPS) is 13.6. The van der Waals surface area contributed by atoms with Gasteiger partial charge in [0.05, 0.1) is 23.0 Å². The lowest BCUT2D eigenvalue weighted by Gasteiger charge is -2.26. The fourth-order valence-electron chi connectivity index (χ4n) is 4.97. The van der Waals surface area contributed by atoms with Gasteiger partial charge in [-0.1, -0.05) is 49.2 Å². The minimum Gasteiger partial charge on any atom is -0.279 e. The molecule has 3 heterocycles. The van der Waals surface area contributed by atoms with Crippen molar-refractivity contribution < 1.29 is 0 Å². The number of fused-ring (bicyclic) bond motifs is 5. The summed E-state index contributed by atoms with van der Waals surface area (Å²) in [5, 5.41) is 9.19. The van der Waals surface area contributed by atoms with E-state index >= 15 is 0 Å². The summed E-state index contributed by atoms with van der Waals surface area (Å²) >= 11 is 3.36. The molecule has 0 radical (unpaired) electrons. The number of aryl methyl sites for hydroxylation is 2. The molecular weight excluding hydrogens is 507 g/mol. The summed E-state index contributed by atoms with van der Waals surface area (Å²) in [6, 6.07) is 20.9. The summed E-state index contributed by atoms with van der Waals surface area (Å²) in [5.74, 6) is 0.640. The summed E-state index contributed by atoms with van der Waals surface area (Å²) in [5.41, 5.74) is 7.53. The first-order valence-corrected chi connectivity index (χ1v) is 13.8. The standard InChI is InChI=1S/C31H23N5S2/c1-18-6-10-21(11-7-18)36(22-12-8-19(2)9-13-22)30-34-17-24-27-26(31(3,4)29(24)35-30)28-25(38-27)15-23(37-28)14-20(16-32)33-5/h6-15,17H,1-4H3/b20-14-. The van der Waals surface area contributed by atoms with Crippen molar-refractivity contribution in [2.75, 3.05) is 4.90 Å². The van der Waals surface area contributed by atoms with Crippen molar-refractivity contribution in [3.63, 3.8) is 0 Å². The van der Waals surface area contributed by atoms with Crippen LogP contribution >= 0.6 is 22.7 Å². The molecule has 5 nitrogen and oxygen atoms in total. The summed E-state index contributed by atoms with van der Waals surface area (Å²) in [6.45, 7) is 15.8. The lowest BCUT2D eigenvalue weighted by molar-refractivity contribution is 0.641. The zero-order valence-electron chi connectivity index (χ0n) is 21.4.